The lowest BCUT2D eigenvalue weighted by atomic mass is 9.96. The lowest BCUT2D eigenvalue weighted by Gasteiger charge is -2.23. The number of hydrogen-bond acceptors (Lipinski definition) is 4. The minimum Gasteiger partial charge on any atom is -0.379 e. The third-order valence-electron chi connectivity index (χ3n) is 3.32. The highest BCUT2D eigenvalue weighted by molar-refractivity contribution is 5.03. The second-order valence-electron chi connectivity index (χ2n) is 5.18. The van der Waals surface area contributed by atoms with Gasteiger partial charge in [-0.25, -0.2) is 0 Å². The van der Waals surface area contributed by atoms with E-state index < -0.39 is 0 Å². The molecule has 0 aromatic carbocycles. The maximum absolute atomic E-state index is 9.18. The van der Waals surface area contributed by atoms with E-state index in [0.29, 0.717) is 6.10 Å². The van der Waals surface area contributed by atoms with Gasteiger partial charge in [-0.1, -0.05) is 6.92 Å². The zero-order valence-electron chi connectivity index (χ0n) is 11.7. The molecule has 0 bridgehead atoms. The molecule has 1 aliphatic heterocycles. The molecule has 0 aromatic heterocycles. The molecule has 1 N–H and O–H groups in total. The van der Waals surface area contributed by atoms with Gasteiger partial charge in [-0.2, -0.15) is 5.26 Å². The highest BCUT2D eigenvalue weighted by Crippen LogP contribution is 2.14. The summed E-state index contributed by atoms with van der Waals surface area (Å²) in [6.07, 6.45) is 5.30. The minimum atomic E-state index is -0.382. The van der Waals surface area contributed by atoms with Crippen molar-refractivity contribution < 1.29 is 9.47 Å². The summed E-state index contributed by atoms with van der Waals surface area (Å²) in [6, 6.07) is 2.37. The Kier molecular flexibility index (Phi) is 7.26. The fourth-order valence-corrected chi connectivity index (χ4v) is 2.06. The summed E-state index contributed by atoms with van der Waals surface area (Å²) < 4.78 is 11.0. The van der Waals surface area contributed by atoms with Crippen LogP contribution in [0.5, 0.6) is 0 Å². The molecule has 1 rings (SSSR count). The predicted octanol–water partition coefficient (Wildman–Crippen LogP) is 2.24. The lowest BCUT2D eigenvalue weighted by molar-refractivity contribution is 0.0402. The van der Waals surface area contributed by atoms with Crippen LogP contribution in [0.2, 0.25) is 0 Å². The molecule has 4 nitrogen and oxygen atoms in total. The number of rotatable bonds is 9. The van der Waals surface area contributed by atoms with E-state index >= 15 is 0 Å². The molecule has 1 saturated heterocycles. The van der Waals surface area contributed by atoms with E-state index in [1.165, 1.54) is 0 Å². The molecule has 2 atom stereocenters. The first-order valence-corrected chi connectivity index (χ1v) is 7.06. The van der Waals surface area contributed by atoms with Crippen LogP contribution in [-0.2, 0) is 9.47 Å². The minimum absolute atomic E-state index is 0.297. The molecule has 0 radical (unpaired) electrons. The molecular weight excluding hydrogens is 228 g/mol. The largest absolute Gasteiger partial charge is 0.379 e. The van der Waals surface area contributed by atoms with Crippen molar-refractivity contribution in [3.05, 3.63) is 0 Å². The Bertz CT molecular complexity index is 259. The van der Waals surface area contributed by atoms with Crippen molar-refractivity contribution in [1.29, 1.82) is 5.26 Å². The van der Waals surface area contributed by atoms with E-state index in [2.05, 4.69) is 18.3 Å². The van der Waals surface area contributed by atoms with Gasteiger partial charge in [0.1, 0.15) is 5.54 Å². The highest BCUT2D eigenvalue weighted by Gasteiger charge is 2.22. The van der Waals surface area contributed by atoms with Gasteiger partial charge in [-0.15, -0.1) is 0 Å². The predicted molar refractivity (Wildman–Crippen MR) is 71.3 cm³/mol. The van der Waals surface area contributed by atoms with Crippen molar-refractivity contribution in [2.24, 2.45) is 0 Å². The van der Waals surface area contributed by atoms with Crippen LogP contribution >= 0.6 is 0 Å². The van der Waals surface area contributed by atoms with Crippen LogP contribution in [0.15, 0.2) is 0 Å². The molecule has 0 aliphatic carbocycles. The quantitative estimate of drug-likeness (QED) is 0.641. The number of nitriles is 1. The lowest BCUT2D eigenvalue weighted by Crippen LogP contribution is -2.41. The van der Waals surface area contributed by atoms with Gasteiger partial charge in [0.25, 0.3) is 0 Å². The fourth-order valence-electron chi connectivity index (χ4n) is 2.06. The standard InChI is InChI=1S/C14H26N2O2/c1-3-8-16-14(2,12-15)7-4-5-9-18-13-6-10-17-11-13/h13,16H,3-11H2,1-2H3. The van der Waals surface area contributed by atoms with Gasteiger partial charge in [0, 0.05) is 13.2 Å². The summed E-state index contributed by atoms with van der Waals surface area (Å²) >= 11 is 0. The Hall–Kier alpha value is -0.630. The van der Waals surface area contributed by atoms with Crippen molar-refractivity contribution >= 4 is 0 Å². The zero-order chi connectivity index (χ0) is 13.3. The van der Waals surface area contributed by atoms with Gasteiger partial charge in [-0.05, 0) is 45.6 Å². The summed E-state index contributed by atoms with van der Waals surface area (Å²) in [5, 5.41) is 12.5. The van der Waals surface area contributed by atoms with Gasteiger partial charge < -0.3 is 9.47 Å². The van der Waals surface area contributed by atoms with Crippen LogP contribution in [0, 0.1) is 11.3 Å². The van der Waals surface area contributed by atoms with Gasteiger partial charge >= 0.3 is 0 Å². The SMILES string of the molecule is CCCNC(C)(C#N)CCCCOC1CCOC1. The van der Waals surface area contributed by atoms with E-state index in [4.69, 9.17) is 9.47 Å². The maximum atomic E-state index is 9.18. The first-order chi connectivity index (χ1) is 8.70. The Labute approximate surface area is 111 Å². The Morgan fingerprint density at radius 2 is 2.33 bits per heavy atom. The molecule has 0 spiro atoms. The first kappa shape index (κ1) is 15.4. The molecule has 0 saturated carbocycles. The van der Waals surface area contributed by atoms with Crippen LogP contribution in [0.3, 0.4) is 0 Å². The third-order valence-corrected chi connectivity index (χ3v) is 3.32. The van der Waals surface area contributed by atoms with Crippen molar-refractivity contribution in [2.75, 3.05) is 26.4 Å². The monoisotopic (exact) mass is 254 g/mol. The third kappa shape index (κ3) is 5.81. The zero-order valence-corrected chi connectivity index (χ0v) is 11.7. The molecule has 104 valence electrons. The van der Waals surface area contributed by atoms with E-state index in [1.54, 1.807) is 0 Å². The van der Waals surface area contributed by atoms with E-state index in [-0.39, 0.29) is 5.54 Å². The van der Waals surface area contributed by atoms with Crippen molar-refractivity contribution in [1.82, 2.24) is 5.32 Å². The number of hydrogen-bond donors (Lipinski definition) is 1. The normalized spacial score (nSPS) is 22.6. The van der Waals surface area contributed by atoms with Gasteiger partial charge in [-0.3, -0.25) is 5.32 Å². The molecule has 0 amide bonds. The summed E-state index contributed by atoms with van der Waals surface area (Å²) in [6.45, 7) is 7.35. The van der Waals surface area contributed by atoms with Crippen LogP contribution in [0.1, 0.15) is 46.0 Å². The number of ether oxygens (including phenoxy) is 2. The van der Waals surface area contributed by atoms with Gasteiger partial charge in [0.15, 0.2) is 0 Å². The second-order valence-corrected chi connectivity index (χ2v) is 5.18. The summed E-state index contributed by atoms with van der Waals surface area (Å²) in [5.41, 5.74) is -0.382. The van der Waals surface area contributed by atoms with Crippen molar-refractivity contribution in [3.8, 4) is 6.07 Å². The van der Waals surface area contributed by atoms with Crippen LogP contribution in [0.25, 0.3) is 0 Å². The topological polar surface area (TPSA) is 54.3 Å². The molecular formula is C14H26N2O2. The molecule has 4 heteroatoms. The maximum Gasteiger partial charge on any atom is 0.103 e. The van der Waals surface area contributed by atoms with E-state index in [0.717, 1.165) is 58.5 Å². The first-order valence-electron chi connectivity index (χ1n) is 7.06. The smallest absolute Gasteiger partial charge is 0.103 e. The Morgan fingerprint density at radius 3 is 2.94 bits per heavy atom. The van der Waals surface area contributed by atoms with Crippen molar-refractivity contribution in [2.45, 2.75) is 57.6 Å². The number of unbranched alkanes of at least 4 members (excludes halogenated alkanes) is 1. The summed E-state index contributed by atoms with van der Waals surface area (Å²) in [7, 11) is 0. The summed E-state index contributed by atoms with van der Waals surface area (Å²) in [5.74, 6) is 0. The van der Waals surface area contributed by atoms with Crippen LogP contribution in [-0.4, -0.2) is 38.0 Å². The van der Waals surface area contributed by atoms with Gasteiger partial charge in [0.05, 0.1) is 18.8 Å². The van der Waals surface area contributed by atoms with Crippen molar-refractivity contribution in [3.63, 3.8) is 0 Å². The number of nitrogens with one attached hydrogen (secondary N) is 1. The van der Waals surface area contributed by atoms with Crippen LogP contribution < -0.4 is 5.32 Å². The fraction of sp³-hybridized carbons (Fsp3) is 0.929. The molecule has 1 heterocycles. The Morgan fingerprint density at radius 1 is 1.50 bits per heavy atom. The molecule has 1 fully saturated rings. The Balaban J connectivity index is 2.05. The molecule has 0 aromatic rings. The number of nitrogens with zero attached hydrogens (tertiary/aromatic N) is 1. The average Bonchev–Trinajstić information content (AvgIpc) is 2.89. The van der Waals surface area contributed by atoms with E-state index in [1.807, 2.05) is 6.92 Å². The van der Waals surface area contributed by atoms with E-state index in [9.17, 15) is 5.26 Å². The molecule has 1 aliphatic rings. The van der Waals surface area contributed by atoms with Gasteiger partial charge in [0.2, 0.25) is 0 Å². The van der Waals surface area contributed by atoms with Crippen LogP contribution in [0.4, 0.5) is 0 Å². The molecule has 18 heavy (non-hydrogen) atoms. The summed E-state index contributed by atoms with van der Waals surface area (Å²) in [4.78, 5) is 0. The highest BCUT2D eigenvalue weighted by atomic mass is 16.5. The second kappa shape index (κ2) is 8.47. The molecule has 2 unspecified atom stereocenters. The average molecular weight is 254 g/mol.